The monoisotopic (exact) mass is 145 g/mol. The zero-order valence-electron chi connectivity index (χ0n) is 7.22. The van der Waals surface area contributed by atoms with Crippen LogP contribution in [-0.4, -0.2) is 17.8 Å². The van der Waals surface area contributed by atoms with Crippen LogP contribution < -0.4 is 5.73 Å². The summed E-state index contributed by atoms with van der Waals surface area (Å²) in [5, 5.41) is 8.62. The third-order valence-corrected chi connectivity index (χ3v) is 2.36. The van der Waals surface area contributed by atoms with Gasteiger partial charge in [0.2, 0.25) is 0 Å². The second-order valence-electron chi connectivity index (χ2n) is 3.46. The first-order valence-electron chi connectivity index (χ1n) is 3.91. The van der Waals surface area contributed by atoms with Gasteiger partial charge in [-0.2, -0.15) is 0 Å². The lowest BCUT2D eigenvalue weighted by molar-refractivity contribution is 0.207. The maximum Gasteiger partial charge on any atom is 0.0445 e. The maximum atomic E-state index is 8.62. The first kappa shape index (κ1) is 9.92. The highest BCUT2D eigenvalue weighted by atomic mass is 16.3. The molecular formula is C8H19NO. The highest BCUT2D eigenvalue weighted by Crippen LogP contribution is 2.24. The molecule has 0 heterocycles. The maximum absolute atomic E-state index is 8.62. The van der Waals surface area contributed by atoms with E-state index in [-0.39, 0.29) is 18.1 Å². The first-order valence-corrected chi connectivity index (χ1v) is 3.91. The van der Waals surface area contributed by atoms with Gasteiger partial charge in [0, 0.05) is 12.6 Å². The summed E-state index contributed by atoms with van der Waals surface area (Å²) in [5.41, 5.74) is 5.98. The topological polar surface area (TPSA) is 46.2 Å². The van der Waals surface area contributed by atoms with Crippen LogP contribution in [0.2, 0.25) is 0 Å². The van der Waals surface area contributed by atoms with Gasteiger partial charge in [0.05, 0.1) is 0 Å². The lowest BCUT2D eigenvalue weighted by Crippen LogP contribution is -2.37. The van der Waals surface area contributed by atoms with Crippen molar-refractivity contribution in [3.63, 3.8) is 0 Å². The summed E-state index contributed by atoms with van der Waals surface area (Å²) in [4.78, 5) is 0. The summed E-state index contributed by atoms with van der Waals surface area (Å²) in [7, 11) is 0. The second kappa shape index (κ2) is 3.94. The van der Waals surface area contributed by atoms with E-state index in [1.165, 1.54) is 0 Å². The number of hydrogen-bond acceptors (Lipinski definition) is 2. The zero-order valence-corrected chi connectivity index (χ0v) is 7.22. The smallest absolute Gasteiger partial charge is 0.0445 e. The summed E-state index contributed by atoms with van der Waals surface area (Å²) in [6, 6.07) is 0.127. The molecule has 2 heteroatoms. The number of nitrogens with two attached hydrogens (primary N) is 1. The Morgan fingerprint density at radius 2 is 2.00 bits per heavy atom. The van der Waals surface area contributed by atoms with Gasteiger partial charge in [0.1, 0.15) is 0 Å². The van der Waals surface area contributed by atoms with Crippen LogP contribution in [0.1, 0.15) is 33.6 Å². The van der Waals surface area contributed by atoms with Gasteiger partial charge in [-0.25, -0.2) is 0 Å². The second-order valence-corrected chi connectivity index (χ2v) is 3.46. The van der Waals surface area contributed by atoms with E-state index in [1.807, 2.05) is 0 Å². The van der Waals surface area contributed by atoms with Crippen molar-refractivity contribution < 1.29 is 5.11 Å². The Balaban J connectivity index is 3.78. The lowest BCUT2D eigenvalue weighted by atomic mass is 9.81. The summed E-state index contributed by atoms with van der Waals surface area (Å²) >= 11 is 0. The number of rotatable bonds is 4. The van der Waals surface area contributed by atoms with Crippen molar-refractivity contribution in [3.05, 3.63) is 0 Å². The quantitative estimate of drug-likeness (QED) is 0.623. The molecule has 3 N–H and O–H groups in total. The molecule has 0 aromatic rings. The molecule has 0 aromatic heterocycles. The van der Waals surface area contributed by atoms with Gasteiger partial charge in [0.15, 0.2) is 0 Å². The lowest BCUT2D eigenvalue weighted by Gasteiger charge is -2.29. The van der Waals surface area contributed by atoms with Crippen LogP contribution in [0.25, 0.3) is 0 Å². The van der Waals surface area contributed by atoms with Crippen molar-refractivity contribution in [2.75, 3.05) is 6.61 Å². The molecule has 1 unspecified atom stereocenters. The molecule has 0 aliphatic heterocycles. The molecule has 1 atom stereocenters. The average Bonchev–Trinajstić information content (AvgIpc) is 1.89. The van der Waals surface area contributed by atoms with Crippen LogP contribution in [0.3, 0.4) is 0 Å². The standard InChI is InChI=1S/C8H19NO/c1-4-8(2,3)7(9)5-6-10/h7,10H,4-6,9H2,1-3H3. The number of aliphatic hydroxyl groups excluding tert-OH is 1. The summed E-state index contributed by atoms with van der Waals surface area (Å²) < 4.78 is 0. The van der Waals surface area contributed by atoms with Crippen LogP contribution in [0.4, 0.5) is 0 Å². The van der Waals surface area contributed by atoms with Crippen LogP contribution in [0, 0.1) is 5.41 Å². The van der Waals surface area contributed by atoms with Gasteiger partial charge in [-0.05, 0) is 18.3 Å². The Morgan fingerprint density at radius 3 is 2.30 bits per heavy atom. The van der Waals surface area contributed by atoms with Crippen LogP contribution in [0.15, 0.2) is 0 Å². The highest BCUT2D eigenvalue weighted by Gasteiger charge is 2.23. The number of aliphatic hydroxyl groups is 1. The Kier molecular flexibility index (Phi) is 3.91. The molecule has 0 spiro atoms. The molecule has 0 aliphatic carbocycles. The minimum absolute atomic E-state index is 0.127. The molecular weight excluding hydrogens is 126 g/mol. The molecule has 0 saturated heterocycles. The Morgan fingerprint density at radius 1 is 1.50 bits per heavy atom. The normalized spacial score (nSPS) is 15.3. The van der Waals surface area contributed by atoms with Crippen molar-refractivity contribution in [3.8, 4) is 0 Å². The molecule has 2 nitrogen and oxygen atoms in total. The summed E-state index contributed by atoms with van der Waals surface area (Å²) in [6.45, 7) is 6.59. The highest BCUT2D eigenvalue weighted by molar-refractivity contribution is 4.79. The van der Waals surface area contributed by atoms with E-state index in [1.54, 1.807) is 0 Å². The molecule has 0 saturated carbocycles. The fraction of sp³-hybridized carbons (Fsp3) is 1.00. The average molecular weight is 145 g/mol. The summed E-state index contributed by atoms with van der Waals surface area (Å²) in [5.74, 6) is 0. The van der Waals surface area contributed by atoms with Gasteiger partial charge in [-0.3, -0.25) is 0 Å². The minimum atomic E-state index is 0.127. The van der Waals surface area contributed by atoms with Crippen molar-refractivity contribution in [1.82, 2.24) is 0 Å². The van der Waals surface area contributed by atoms with Gasteiger partial charge in [-0.15, -0.1) is 0 Å². The van der Waals surface area contributed by atoms with Crippen LogP contribution >= 0.6 is 0 Å². The Labute approximate surface area is 63.4 Å². The molecule has 0 radical (unpaired) electrons. The van der Waals surface area contributed by atoms with Gasteiger partial charge >= 0.3 is 0 Å². The van der Waals surface area contributed by atoms with Crippen LogP contribution in [-0.2, 0) is 0 Å². The zero-order chi connectivity index (χ0) is 8.20. The third kappa shape index (κ3) is 2.67. The van der Waals surface area contributed by atoms with E-state index in [2.05, 4.69) is 20.8 Å². The predicted octanol–water partition coefficient (Wildman–Crippen LogP) is 1.13. The molecule has 0 aliphatic rings. The van der Waals surface area contributed by atoms with Crippen molar-refractivity contribution in [1.29, 1.82) is 0 Å². The Hall–Kier alpha value is -0.0800. The van der Waals surface area contributed by atoms with Gasteiger partial charge in [0.25, 0.3) is 0 Å². The van der Waals surface area contributed by atoms with E-state index in [4.69, 9.17) is 10.8 Å². The van der Waals surface area contributed by atoms with Crippen LogP contribution in [0.5, 0.6) is 0 Å². The first-order chi connectivity index (χ1) is 4.54. The molecule has 62 valence electrons. The fourth-order valence-corrected chi connectivity index (χ4v) is 0.792. The number of hydrogen-bond donors (Lipinski definition) is 2. The fourth-order valence-electron chi connectivity index (χ4n) is 0.792. The molecule has 10 heavy (non-hydrogen) atoms. The predicted molar refractivity (Wildman–Crippen MR) is 43.8 cm³/mol. The largest absolute Gasteiger partial charge is 0.396 e. The minimum Gasteiger partial charge on any atom is -0.396 e. The van der Waals surface area contributed by atoms with E-state index >= 15 is 0 Å². The molecule has 0 bridgehead atoms. The van der Waals surface area contributed by atoms with Gasteiger partial charge < -0.3 is 10.8 Å². The van der Waals surface area contributed by atoms with E-state index in [0.29, 0.717) is 6.42 Å². The molecule has 0 rings (SSSR count). The molecule has 0 amide bonds. The molecule has 0 fully saturated rings. The van der Waals surface area contributed by atoms with Crippen molar-refractivity contribution >= 4 is 0 Å². The third-order valence-electron chi connectivity index (χ3n) is 2.36. The van der Waals surface area contributed by atoms with E-state index in [0.717, 1.165) is 6.42 Å². The Bertz CT molecular complexity index is 91.3. The van der Waals surface area contributed by atoms with E-state index in [9.17, 15) is 0 Å². The molecule has 0 aromatic carbocycles. The summed E-state index contributed by atoms with van der Waals surface area (Å²) in [6.07, 6.45) is 1.77. The van der Waals surface area contributed by atoms with Crippen molar-refractivity contribution in [2.45, 2.75) is 39.7 Å². The van der Waals surface area contributed by atoms with Crippen molar-refractivity contribution in [2.24, 2.45) is 11.1 Å². The van der Waals surface area contributed by atoms with E-state index < -0.39 is 0 Å². The SMILES string of the molecule is CCC(C)(C)C(N)CCO. The van der Waals surface area contributed by atoms with Gasteiger partial charge in [-0.1, -0.05) is 20.8 Å².